The Hall–Kier alpha value is -2.40. The molecule has 1 aromatic heterocycles. The number of rotatable bonds is 2. The molecule has 0 aliphatic rings. The Bertz CT molecular complexity index is 959. The molecule has 0 aliphatic carbocycles. The van der Waals surface area contributed by atoms with E-state index in [1.54, 1.807) is 35.9 Å². The van der Waals surface area contributed by atoms with Gasteiger partial charge < -0.3 is 9.88 Å². The standard InChI is InChI=1S/C18H15BrN2O2/c1-11-3-5-12(6-4-11)18(23)20-14-8-9-15-13(17(14)19)7-10-16(22)21(15)2/h3-10H,1-2H3,(H,20,23). The summed E-state index contributed by atoms with van der Waals surface area (Å²) in [6.45, 7) is 1.98. The van der Waals surface area contributed by atoms with Crippen LogP contribution in [0.5, 0.6) is 0 Å². The zero-order valence-electron chi connectivity index (χ0n) is 12.8. The molecule has 0 saturated heterocycles. The van der Waals surface area contributed by atoms with E-state index in [4.69, 9.17) is 0 Å². The molecule has 0 bridgehead atoms. The Balaban J connectivity index is 1.99. The van der Waals surface area contributed by atoms with Crippen LogP contribution in [0.25, 0.3) is 10.9 Å². The normalized spacial score (nSPS) is 10.7. The molecular weight excluding hydrogens is 356 g/mol. The third-order valence-corrected chi connectivity index (χ3v) is 4.66. The van der Waals surface area contributed by atoms with Crippen LogP contribution in [0.1, 0.15) is 15.9 Å². The number of hydrogen-bond donors (Lipinski definition) is 1. The van der Waals surface area contributed by atoms with Crippen molar-refractivity contribution in [2.24, 2.45) is 7.05 Å². The van der Waals surface area contributed by atoms with E-state index in [-0.39, 0.29) is 11.5 Å². The van der Waals surface area contributed by atoms with E-state index in [9.17, 15) is 9.59 Å². The first-order valence-electron chi connectivity index (χ1n) is 7.13. The Morgan fingerprint density at radius 1 is 1.04 bits per heavy atom. The number of aromatic nitrogens is 1. The topological polar surface area (TPSA) is 51.1 Å². The maximum atomic E-state index is 12.3. The number of pyridine rings is 1. The second-order valence-corrected chi connectivity index (χ2v) is 6.20. The average molecular weight is 371 g/mol. The van der Waals surface area contributed by atoms with Crippen molar-refractivity contribution in [3.63, 3.8) is 0 Å². The van der Waals surface area contributed by atoms with Crippen LogP contribution in [-0.2, 0) is 7.05 Å². The highest BCUT2D eigenvalue weighted by molar-refractivity contribution is 9.10. The van der Waals surface area contributed by atoms with Gasteiger partial charge in [-0.25, -0.2) is 0 Å². The van der Waals surface area contributed by atoms with E-state index in [2.05, 4.69) is 21.2 Å². The monoisotopic (exact) mass is 370 g/mol. The number of carbonyl (C=O) groups excluding carboxylic acids is 1. The minimum atomic E-state index is -0.171. The second-order valence-electron chi connectivity index (χ2n) is 5.41. The number of benzene rings is 2. The summed E-state index contributed by atoms with van der Waals surface area (Å²) in [6.07, 6.45) is 0. The van der Waals surface area contributed by atoms with Crippen LogP contribution < -0.4 is 10.9 Å². The van der Waals surface area contributed by atoms with E-state index in [1.165, 1.54) is 6.07 Å². The van der Waals surface area contributed by atoms with Gasteiger partial charge in [0.05, 0.1) is 15.7 Å². The Kier molecular flexibility index (Phi) is 4.05. The highest BCUT2D eigenvalue weighted by Crippen LogP contribution is 2.30. The summed E-state index contributed by atoms with van der Waals surface area (Å²) in [7, 11) is 1.72. The van der Waals surface area contributed by atoms with Crippen molar-refractivity contribution in [1.82, 2.24) is 4.57 Å². The fourth-order valence-electron chi connectivity index (χ4n) is 2.41. The second kappa shape index (κ2) is 6.01. The smallest absolute Gasteiger partial charge is 0.255 e. The minimum absolute atomic E-state index is 0.0687. The van der Waals surface area contributed by atoms with Gasteiger partial charge >= 0.3 is 0 Å². The molecule has 0 fully saturated rings. The molecule has 116 valence electrons. The molecule has 0 spiro atoms. The summed E-state index contributed by atoms with van der Waals surface area (Å²) in [5, 5.41) is 3.77. The van der Waals surface area contributed by atoms with E-state index in [1.807, 2.05) is 25.1 Å². The Labute approximate surface area is 141 Å². The van der Waals surface area contributed by atoms with Crippen LogP contribution in [-0.4, -0.2) is 10.5 Å². The summed E-state index contributed by atoms with van der Waals surface area (Å²) in [5.41, 5.74) is 3.11. The van der Waals surface area contributed by atoms with Gasteiger partial charge in [0.1, 0.15) is 0 Å². The first-order valence-corrected chi connectivity index (χ1v) is 7.93. The number of fused-ring (bicyclic) bond motifs is 1. The summed E-state index contributed by atoms with van der Waals surface area (Å²) in [4.78, 5) is 24.0. The largest absolute Gasteiger partial charge is 0.321 e. The molecule has 0 saturated carbocycles. The molecule has 4 nitrogen and oxygen atoms in total. The van der Waals surface area contributed by atoms with Crippen molar-refractivity contribution in [1.29, 1.82) is 0 Å². The van der Waals surface area contributed by atoms with Gasteiger partial charge in [0.2, 0.25) is 0 Å². The lowest BCUT2D eigenvalue weighted by Crippen LogP contribution is -2.16. The summed E-state index contributed by atoms with van der Waals surface area (Å²) in [6, 6.07) is 14.3. The molecule has 1 amide bonds. The number of amides is 1. The van der Waals surface area contributed by atoms with Crippen molar-refractivity contribution in [2.45, 2.75) is 6.92 Å². The molecule has 1 N–H and O–H groups in total. The minimum Gasteiger partial charge on any atom is -0.321 e. The zero-order valence-corrected chi connectivity index (χ0v) is 14.3. The number of carbonyl (C=O) groups is 1. The number of nitrogens with zero attached hydrogens (tertiary/aromatic N) is 1. The van der Waals surface area contributed by atoms with Gasteiger partial charge in [0, 0.05) is 24.1 Å². The van der Waals surface area contributed by atoms with Crippen LogP contribution in [0.3, 0.4) is 0 Å². The van der Waals surface area contributed by atoms with Gasteiger partial charge in [0.25, 0.3) is 11.5 Å². The first-order chi connectivity index (χ1) is 11.0. The molecule has 0 unspecified atom stereocenters. The summed E-state index contributed by atoms with van der Waals surface area (Å²) < 4.78 is 2.33. The molecular formula is C18H15BrN2O2. The fraction of sp³-hybridized carbons (Fsp3) is 0.111. The lowest BCUT2D eigenvalue weighted by atomic mass is 10.1. The first kappa shape index (κ1) is 15.5. The highest BCUT2D eigenvalue weighted by atomic mass is 79.9. The number of hydrogen-bond acceptors (Lipinski definition) is 2. The quantitative estimate of drug-likeness (QED) is 0.744. The highest BCUT2D eigenvalue weighted by Gasteiger charge is 2.11. The van der Waals surface area contributed by atoms with Crippen LogP contribution >= 0.6 is 15.9 Å². The van der Waals surface area contributed by atoms with E-state index in [0.717, 1.165) is 20.9 Å². The number of halogens is 1. The molecule has 23 heavy (non-hydrogen) atoms. The zero-order chi connectivity index (χ0) is 16.6. The van der Waals surface area contributed by atoms with Crippen molar-refractivity contribution in [3.05, 3.63) is 74.5 Å². The third-order valence-electron chi connectivity index (χ3n) is 3.80. The maximum absolute atomic E-state index is 12.3. The van der Waals surface area contributed by atoms with Crippen molar-refractivity contribution < 1.29 is 4.79 Å². The molecule has 2 aromatic carbocycles. The van der Waals surface area contributed by atoms with Gasteiger partial charge in [-0.15, -0.1) is 0 Å². The van der Waals surface area contributed by atoms with E-state index >= 15 is 0 Å². The van der Waals surface area contributed by atoms with Crippen LogP contribution in [0.4, 0.5) is 5.69 Å². The SMILES string of the molecule is Cc1ccc(C(=O)Nc2ccc3c(ccc(=O)n3C)c2Br)cc1. The number of nitrogens with one attached hydrogen (secondary N) is 1. The third kappa shape index (κ3) is 2.92. The van der Waals surface area contributed by atoms with Crippen molar-refractivity contribution in [2.75, 3.05) is 5.32 Å². The van der Waals surface area contributed by atoms with Gasteiger partial charge in [0.15, 0.2) is 0 Å². The molecule has 5 heteroatoms. The van der Waals surface area contributed by atoms with Gasteiger partial charge in [-0.05, 0) is 53.2 Å². The lowest BCUT2D eigenvalue weighted by Gasteiger charge is -2.12. The maximum Gasteiger partial charge on any atom is 0.255 e. The summed E-state index contributed by atoms with van der Waals surface area (Å²) in [5.74, 6) is -0.171. The fourth-order valence-corrected chi connectivity index (χ4v) is 2.98. The number of anilines is 1. The van der Waals surface area contributed by atoms with Crippen molar-refractivity contribution >= 4 is 38.4 Å². The lowest BCUT2D eigenvalue weighted by molar-refractivity contribution is 0.102. The molecule has 3 rings (SSSR count). The molecule has 0 aliphatic heterocycles. The Morgan fingerprint density at radius 3 is 2.43 bits per heavy atom. The predicted octanol–water partition coefficient (Wildman–Crippen LogP) is 3.86. The van der Waals surface area contributed by atoms with E-state index < -0.39 is 0 Å². The number of aryl methyl sites for hydroxylation is 2. The molecule has 0 radical (unpaired) electrons. The van der Waals surface area contributed by atoms with Crippen molar-refractivity contribution in [3.8, 4) is 0 Å². The van der Waals surface area contributed by atoms with Crippen LogP contribution in [0.15, 0.2) is 57.8 Å². The average Bonchev–Trinajstić information content (AvgIpc) is 2.54. The van der Waals surface area contributed by atoms with Gasteiger partial charge in [-0.3, -0.25) is 9.59 Å². The van der Waals surface area contributed by atoms with Crippen LogP contribution in [0, 0.1) is 6.92 Å². The Morgan fingerprint density at radius 2 is 1.74 bits per heavy atom. The van der Waals surface area contributed by atoms with E-state index in [0.29, 0.717) is 11.3 Å². The molecule has 1 heterocycles. The van der Waals surface area contributed by atoms with Gasteiger partial charge in [-0.1, -0.05) is 17.7 Å². The predicted molar refractivity (Wildman–Crippen MR) is 96.0 cm³/mol. The molecule has 0 atom stereocenters. The molecule has 3 aromatic rings. The summed E-state index contributed by atoms with van der Waals surface area (Å²) >= 11 is 3.52. The van der Waals surface area contributed by atoms with Crippen LogP contribution in [0.2, 0.25) is 0 Å². The van der Waals surface area contributed by atoms with Gasteiger partial charge in [-0.2, -0.15) is 0 Å².